The Morgan fingerprint density at radius 2 is 1.78 bits per heavy atom. The highest BCUT2D eigenvalue weighted by Crippen LogP contribution is 2.42. The van der Waals surface area contributed by atoms with Gasteiger partial charge in [0, 0.05) is 18.1 Å². The molecule has 5 heteroatoms. The Morgan fingerprint density at radius 3 is 2.49 bits per heavy atom. The zero-order chi connectivity index (χ0) is 26.2. The first-order valence-electron chi connectivity index (χ1n) is 13.1. The van der Waals surface area contributed by atoms with Crippen molar-refractivity contribution in [3.8, 4) is 11.8 Å². The zero-order valence-electron chi connectivity index (χ0n) is 21.7. The van der Waals surface area contributed by atoms with Crippen LogP contribution in [-0.2, 0) is 6.42 Å². The van der Waals surface area contributed by atoms with Crippen molar-refractivity contribution in [2.24, 2.45) is 0 Å². The van der Waals surface area contributed by atoms with Crippen LogP contribution in [0.4, 0.5) is 4.39 Å². The molecule has 0 heterocycles. The lowest BCUT2D eigenvalue weighted by Gasteiger charge is -2.22. The van der Waals surface area contributed by atoms with Crippen LogP contribution in [0.15, 0.2) is 60.7 Å². The summed E-state index contributed by atoms with van der Waals surface area (Å²) in [7, 11) is 0. The molecule has 0 bridgehead atoms. The number of nitriles is 1. The minimum atomic E-state index is -0.311. The number of halogens is 2. The third-order valence-corrected chi connectivity index (χ3v) is 7.15. The SMILES string of the molecule is CCCN(CCCF)COc1ccc(C2=C(c3ccc(C)cc3Cl)CCCc3cc(C#N)ccc32)cc1. The fraction of sp³-hybridized carbons (Fsp3) is 0.344. The van der Waals surface area contributed by atoms with Crippen molar-refractivity contribution in [3.63, 3.8) is 0 Å². The van der Waals surface area contributed by atoms with Crippen molar-refractivity contribution in [2.75, 3.05) is 26.5 Å². The smallest absolute Gasteiger partial charge is 0.142 e. The van der Waals surface area contributed by atoms with Gasteiger partial charge in [0.25, 0.3) is 0 Å². The highest BCUT2D eigenvalue weighted by molar-refractivity contribution is 6.32. The van der Waals surface area contributed by atoms with Gasteiger partial charge in [-0.3, -0.25) is 9.29 Å². The number of benzene rings is 3. The molecular formula is C32H34ClFN2O. The molecule has 0 radical (unpaired) electrons. The third-order valence-electron chi connectivity index (χ3n) is 6.83. The molecule has 37 heavy (non-hydrogen) atoms. The first-order valence-corrected chi connectivity index (χ1v) is 13.5. The molecule has 4 rings (SSSR count). The Balaban J connectivity index is 1.72. The number of hydrogen-bond acceptors (Lipinski definition) is 3. The van der Waals surface area contributed by atoms with Crippen LogP contribution in [-0.4, -0.2) is 31.4 Å². The molecule has 192 valence electrons. The minimum Gasteiger partial charge on any atom is -0.478 e. The van der Waals surface area contributed by atoms with E-state index >= 15 is 0 Å². The molecule has 0 N–H and O–H groups in total. The summed E-state index contributed by atoms with van der Waals surface area (Å²) in [6.07, 6.45) is 4.31. The summed E-state index contributed by atoms with van der Waals surface area (Å²) in [5, 5.41) is 10.2. The Hall–Kier alpha value is -3.13. The topological polar surface area (TPSA) is 36.3 Å². The second-order valence-electron chi connectivity index (χ2n) is 9.63. The van der Waals surface area contributed by atoms with Gasteiger partial charge in [0.05, 0.1) is 18.3 Å². The lowest BCUT2D eigenvalue weighted by atomic mass is 9.87. The molecule has 0 amide bonds. The Labute approximate surface area is 225 Å². The molecule has 0 saturated heterocycles. The van der Waals surface area contributed by atoms with Crippen molar-refractivity contribution in [3.05, 3.63) is 99.1 Å². The van der Waals surface area contributed by atoms with Gasteiger partial charge in [0.2, 0.25) is 0 Å². The normalized spacial score (nSPS) is 13.3. The lowest BCUT2D eigenvalue weighted by Crippen LogP contribution is -2.30. The summed E-state index contributed by atoms with van der Waals surface area (Å²) < 4.78 is 18.7. The van der Waals surface area contributed by atoms with Crippen molar-refractivity contribution in [2.45, 2.75) is 46.0 Å². The molecule has 3 nitrogen and oxygen atoms in total. The van der Waals surface area contributed by atoms with Gasteiger partial charge in [0.15, 0.2) is 0 Å². The van der Waals surface area contributed by atoms with E-state index in [0.717, 1.165) is 70.8 Å². The number of aryl methyl sites for hydroxylation is 2. The molecule has 0 fully saturated rings. The fourth-order valence-electron chi connectivity index (χ4n) is 5.05. The number of allylic oxidation sites excluding steroid dienone is 1. The maximum Gasteiger partial charge on any atom is 0.142 e. The largest absolute Gasteiger partial charge is 0.478 e. The maximum absolute atomic E-state index is 12.7. The van der Waals surface area contributed by atoms with Crippen molar-refractivity contribution in [1.82, 2.24) is 4.90 Å². The molecule has 0 saturated carbocycles. The summed E-state index contributed by atoms with van der Waals surface area (Å²) in [6, 6.07) is 22.8. The summed E-state index contributed by atoms with van der Waals surface area (Å²) in [4.78, 5) is 2.14. The average Bonchev–Trinajstić information content (AvgIpc) is 3.09. The van der Waals surface area contributed by atoms with Crippen molar-refractivity contribution in [1.29, 1.82) is 5.26 Å². The first kappa shape index (κ1) is 26.9. The van der Waals surface area contributed by atoms with Crippen LogP contribution >= 0.6 is 11.6 Å². The van der Waals surface area contributed by atoms with E-state index in [4.69, 9.17) is 16.3 Å². The van der Waals surface area contributed by atoms with Gasteiger partial charge < -0.3 is 4.74 Å². The van der Waals surface area contributed by atoms with E-state index in [1.807, 2.05) is 30.3 Å². The number of hydrogen-bond donors (Lipinski definition) is 0. The van der Waals surface area contributed by atoms with Gasteiger partial charge >= 0.3 is 0 Å². The van der Waals surface area contributed by atoms with Crippen LogP contribution in [0.3, 0.4) is 0 Å². The van der Waals surface area contributed by atoms with Crippen LogP contribution < -0.4 is 4.74 Å². The maximum atomic E-state index is 12.7. The second kappa shape index (κ2) is 12.9. The van der Waals surface area contributed by atoms with E-state index in [2.05, 4.69) is 55.1 Å². The van der Waals surface area contributed by atoms with E-state index in [1.54, 1.807) is 0 Å². The molecule has 3 aromatic rings. The number of fused-ring (bicyclic) bond motifs is 1. The highest BCUT2D eigenvalue weighted by atomic mass is 35.5. The molecule has 0 aliphatic heterocycles. The van der Waals surface area contributed by atoms with Crippen LogP contribution in [0.25, 0.3) is 11.1 Å². The predicted molar refractivity (Wildman–Crippen MR) is 151 cm³/mol. The van der Waals surface area contributed by atoms with E-state index < -0.39 is 0 Å². The van der Waals surface area contributed by atoms with Crippen molar-refractivity contribution >= 4 is 22.7 Å². The molecule has 0 atom stereocenters. The number of nitrogens with zero attached hydrogens (tertiary/aromatic N) is 2. The van der Waals surface area contributed by atoms with E-state index in [1.165, 1.54) is 11.1 Å². The second-order valence-corrected chi connectivity index (χ2v) is 10.0. The monoisotopic (exact) mass is 516 g/mol. The molecule has 3 aromatic carbocycles. The van der Waals surface area contributed by atoms with E-state index in [9.17, 15) is 9.65 Å². The summed E-state index contributed by atoms with van der Waals surface area (Å²) in [5.41, 5.74) is 8.69. The molecule has 0 spiro atoms. The standard InChI is InChI=1S/C32H34ClFN2O/c1-3-17-36(18-5-16-34)22-37-27-12-10-25(11-13-27)32-28-15-9-24(21-35)20-26(28)6-4-7-30(32)29-14-8-23(2)19-31(29)33/h8-15,19-20H,3-7,16-18,22H2,1-2H3. The van der Waals surface area contributed by atoms with Crippen LogP contribution in [0.2, 0.25) is 5.02 Å². The highest BCUT2D eigenvalue weighted by Gasteiger charge is 2.22. The summed E-state index contributed by atoms with van der Waals surface area (Å²) in [6.45, 7) is 5.88. The van der Waals surface area contributed by atoms with Gasteiger partial charge in [-0.25, -0.2) is 0 Å². The van der Waals surface area contributed by atoms with Gasteiger partial charge in [-0.05, 0) is 108 Å². The van der Waals surface area contributed by atoms with Crippen LogP contribution in [0, 0.1) is 18.3 Å². The predicted octanol–water partition coefficient (Wildman–Crippen LogP) is 8.22. The summed E-state index contributed by atoms with van der Waals surface area (Å²) >= 11 is 6.78. The van der Waals surface area contributed by atoms with Crippen LogP contribution in [0.5, 0.6) is 5.75 Å². The number of ether oxygens (including phenoxy) is 1. The minimum absolute atomic E-state index is 0.311. The number of alkyl halides is 1. The molecule has 1 aliphatic rings. The molecule has 0 aromatic heterocycles. The van der Waals surface area contributed by atoms with Gasteiger partial charge in [-0.2, -0.15) is 5.26 Å². The first-order chi connectivity index (χ1) is 18.0. The van der Waals surface area contributed by atoms with Crippen LogP contribution in [0.1, 0.15) is 66.0 Å². The number of rotatable bonds is 10. The molecular weight excluding hydrogens is 483 g/mol. The Morgan fingerprint density at radius 1 is 1.00 bits per heavy atom. The zero-order valence-corrected chi connectivity index (χ0v) is 22.5. The summed E-state index contributed by atoms with van der Waals surface area (Å²) in [5.74, 6) is 0.786. The van der Waals surface area contributed by atoms with Gasteiger partial charge in [0.1, 0.15) is 12.5 Å². The van der Waals surface area contributed by atoms with Gasteiger partial charge in [-0.15, -0.1) is 0 Å². The Kier molecular flexibility index (Phi) is 9.39. The Bertz CT molecular complexity index is 1290. The quantitative estimate of drug-likeness (QED) is 0.255. The molecule has 1 aliphatic carbocycles. The lowest BCUT2D eigenvalue weighted by molar-refractivity contribution is 0.122. The third kappa shape index (κ3) is 6.60. The van der Waals surface area contributed by atoms with Gasteiger partial charge in [-0.1, -0.05) is 48.9 Å². The van der Waals surface area contributed by atoms with E-state index in [0.29, 0.717) is 25.3 Å². The van der Waals surface area contributed by atoms with E-state index in [-0.39, 0.29) is 6.67 Å². The average molecular weight is 517 g/mol. The fourth-order valence-corrected chi connectivity index (χ4v) is 5.39. The van der Waals surface area contributed by atoms with Crippen molar-refractivity contribution < 1.29 is 9.13 Å². The molecule has 0 unspecified atom stereocenters.